The molecule has 216 valence electrons. The number of allylic oxidation sites excluding steroid dienone is 11. The standard InChI is InChI=1S/C34H57NO3/c1-3-5-7-9-11-13-14-15-16-17-18-19-20-22-24-26-28-30-34(38)35-32(31-36)33(37)29-27-25-23-21-12-10-8-6-4-2/h4-7,11-13,15-16,21,27,29,32-33,36-37H,3,8-10,14,17-20,22-26,28,30-31H2,1-2H3,(H,35,38)/b6-4+,7-5-,13-11-,16-15-,21-12+,29-27+. The van der Waals surface area contributed by atoms with E-state index in [-0.39, 0.29) is 12.5 Å². The topological polar surface area (TPSA) is 69.6 Å². The second kappa shape index (κ2) is 29.4. The molecule has 4 nitrogen and oxygen atoms in total. The highest BCUT2D eigenvalue weighted by Gasteiger charge is 2.17. The van der Waals surface area contributed by atoms with Gasteiger partial charge < -0.3 is 15.5 Å². The molecule has 0 radical (unpaired) electrons. The predicted octanol–water partition coefficient (Wildman–Crippen LogP) is 8.44. The van der Waals surface area contributed by atoms with Gasteiger partial charge in [-0.25, -0.2) is 0 Å². The van der Waals surface area contributed by atoms with Crippen LogP contribution in [-0.4, -0.2) is 34.9 Å². The first kappa shape index (κ1) is 35.8. The van der Waals surface area contributed by atoms with Crippen LogP contribution < -0.4 is 5.32 Å². The summed E-state index contributed by atoms with van der Waals surface area (Å²) in [6.45, 7) is 3.91. The molecule has 0 bridgehead atoms. The molecule has 0 aliphatic heterocycles. The molecule has 0 aromatic heterocycles. The molecule has 1 amide bonds. The van der Waals surface area contributed by atoms with Crippen LogP contribution in [0, 0.1) is 0 Å². The Bertz CT molecular complexity index is 703. The van der Waals surface area contributed by atoms with Crippen molar-refractivity contribution in [1.82, 2.24) is 5.32 Å². The van der Waals surface area contributed by atoms with Crippen LogP contribution in [0.15, 0.2) is 72.9 Å². The van der Waals surface area contributed by atoms with Gasteiger partial charge in [0.1, 0.15) is 0 Å². The van der Waals surface area contributed by atoms with Crippen LogP contribution in [0.2, 0.25) is 0 Å². The van der Waals surface area contributed by atoms with Crippen LogP contribution in [-0.2, 0) is 4.79 Å². The maximum atomic E-state index is 12.2. The lowest BCUT2D eigenvalue weighted by Crippen LogP contribution is -2.45. The van der Waals surface area contributed by atoms with Gasteiger partial charge in [0.2, 0.25) is 5.91 Å². The summed E-state index contributed by atoms with van der Waals surface area (Å²) in [6.07, 6.45) is 41.3. The Kier molecular flexibility index (Phi) is 27.7. The van der Waals surface area contributed by atoms with Crippen molar-refractivity contribution in [2.45, 2.75) is 129 Å². The lowest BCUT2D eigenvalue weighted by Gasteiger charge is -2.19. The van der Waals surface area contributed by atoms with Gasteiger partial charge in [0.15, 0.2) is 0 Å². The summed E-state index contributed by atoms with van der Waals surface area (Å²) < 4.78 is 0. The lowest BCUT2D eigenvalue weighted by molar-refractivity contribution is -0.123. The van der Waals surface area contributed by atoms with Crippen molar-refractivity contribution in [3.8, 4) is 0 Å². The minimum absolute atomic E-state index is 0.0976. The van der Waals surface area contributed by atoms with Crippen molar-refractivity contribution in [3.63, 3.8) is 0 Å². The minimum atomic E-state index is -0.873. The summed E-state index contributed by atoms with van der Waals surface area (Å²) in [4.78, 5) is 12.2. The molecule has 4 heteroatoms. The van der Waals surface area contributed by atoms with Crippen LogP contribution in [0.25, 0.3) is 0 Å². The van der Waals surface area contributed by atoms with Crippen LogP contribution in [0.1, 0.15) is 117 Å². The summed E-state index contributed by atoms with van der Waals surface area (Å²) in [6, 6.07) is -0.650. The molecule has 3 N–H and O–H groups in total. The van der Waals surface area contributed by atoms with Gasteiger partial charge in [0.25, 0.3) is 0 Å². The average molecular weight is 528 g/mol. The largest absolute Gasteiger partial charge is 0.394 e. The van der Waals surface area contributed by atoms with Gasteiger partial charge in [-0.05, 0) is 71.1 Å². The van der Waals surface area contributed by atoms with Gasteiger partial charge in [-0.3, -0.25) is 4.79 Å². The van der Waals surface area contributed by atoms with E-state index in [1.165, 1.54) is 25.7 Å². The van der Waals surface area contributed by atoms with Gasteiger partial charge in [0, 0.05) is 6.42 Å². The Morgan fingerprint density at radius 2 is 1.21 bits per heavy atom. The number of amides is 1. The van der Waals surface area contributed by atoms with Gasteiger partial charge >= 0.3 is 0 Å². The molecule has 0 aliphatic carbocycles. The third-order valence-corrected chi connectivity index (χ3v) is 6.25. The first-order valence-corrected chi connectivity index (χ1v) is 15.1. The van der Waals surface area contributed by atoms with Gasteiger partial charge in [-0.2, -0.15) is 0 Å². The third kappa shape index (κ3) is 25.5. The molecule has 0 fully saturated rings. The van der Waals surface area contributed by atoms with Gasteiger partial charge in [-0.15, -0.1) is 0 Å². The van der Waals surface area contributed by atoms with E-state index in [1.807, 2.05) is 13.0 Å². The first-order chi connectivity index (χ1) is 18.7. The fraction of sp³-hybridized carbons (Fsp3) is 0.618. The van der Waals surface area contributed by atoms with E-state index in [0.29, 0.717) is 6.42 Å². The van der Waals surface area contributed by atoms with Crippen LogP contribution in [0.3, 0.4) is 0 Å². The quantitative estimate of drug-likeness (QED) is 0.0824. The van der Waals surface area contributed by atoms with E-state index in [0.717, 1.165) is 70.6 Å². The number of aliphatic hydroxyl groups is 2. The van der Waals surface area contributed by atoms with Crippen molar-refractivity contribution in [2.75, 3.05) is 6.61 Å². The van der Waals surface area contributed by atoms with Crippen molar-refractivity contribution >= 4 is 5.91 Å². The number of unbranched alkanes of at least 4 members (excludes halogenated alkanes) is 9. The van der Waals surface area contributed by atoms with E-state index < -0.39 is 12.1 Å². The lowest BCUT2D eigenvalue weighted by atomic mass is 10.1. The molecule has 0 aliphatic rings. The summed E-state index contributed by atoms with van der Waals surface area (Å²) in [5.41, 5.74) is 0. The second-order valence-electron chi connectivity index (χ2n) is 9.78. The van der Waals surface area contributed by atoms with Crippen LogP contribution in [0.5, 0.6) is 0 Å². The van der Waals surface area contributed by atoms with Crippen molar-refractivity contribution in [1.29, 1.82) is 0 Å². The molecular weight excluding hydrogens is 470 g/mol. The Morgan fingerprint density at radius 1 is 0.684 bits per heavy atom. The Hall–Kier alpha value is -2.17. The second-order valence-corrected chi connectivity index (χ2v) is 9.78. The molecule has 2 atom stereocenters. The fourth-order valence-corrected chi connectivity index (χ4v) is 3.93. The van der Waals surface area contributed by atoms with Crippen molar-refractivity contribution in [3.05, 3.63) is 72.9 Å². The highest BCUT2D eigenvalue weighted by molar-refractivity contribution is 5.76. The number of hydrogen-bond donors (Lipinski definition) is 3. The number of carbonyl (C=O) groups excluding carboxylic acids is 1. The highest BCUT2D eigenvalue weighted by Crippen LogP contribution is 2.10. The van der Waals surface area contributed by atoms with Crippen LogP contribution >= 0.6 is 0 Å². The maximum absolute atomic E-state index is 12.2. The SMILES string of the molecule is C/C=C/CC/C=C/CC/C=C/C(O)C(CO)NC(=O)CCCCCCCCC/C=C\C/C=C\C/C=C\CC. The van der Waals surface area contributed by atoms with E-state index in [4.69, 9.17) is 0 Å². The molecule has 0 saturated carbocycles. The fourth-order valence-electron chi connectivity index (χ4n) is 3.93. The molecule has 0 aromatic rings. The Morgan fingerprint density at radius 3 is 1.84 bits per heavy atom. The number of carbonyl (C=O) groups is 1. The molecule has 2 unspecified atom stereocenters. The smallest absolute Gasteiger partial charge is 0.220 e. The molecule has 0 spiro atoms. The van der Waals surface area contributed by atoms with Crippen molar-refractivity contribution in [2.24, 2.45) is 0 Å². The summed E-state index contributed by atoms with van der Waals surface area (Å²) in [5, 5.41) is 22.6. The summed E-state index contributed by atoms with van der Waals surface area (Å²) >= 11 is 0. The monoisotopic (exact) mass is 527 g/mol. The zero-order valence-electron chi connectivity index (χ0n) is 24.4. The van der Waals surface area contributed by atoms with E-state index in [1.54, 1.807) is 6.08 Å². The predicted molar refractivity (Wildman–Crippen MR) is 165 cm³/mol. The molecule has 0 rings (SSSR count). The minimum Gasteiger partial charge on any atom is -0.394 e. The highest BCUT2D eigenvalue weighted by atomic mass is 16.3. The van der Waals surface area contributed by atoms with E-state index >= 15 is 0 Å². The average Bonchev–Trinajstić information content (AvgIpc) is 2.92. The summed E-state index contributed by atoms with van der Waals surface area (Å²) in [5.74, 6) is -0.0976. The molecular formula is C34H57NO3. The van der Waals surface area contributed by atoms with E-state index in [2.05, 4.69) is 73.0 Å². The molecule has 0 saturated heterocycles. The zero-order chi connectivity index (χ0) is 27.9. The van der Waals surface area contributed by atoms with Crippen molar-refractivity contribution < 1.29 is 15.0 Å². The van der Waals surface area contributed by atoms with E-state index in [9.17, 15) is 15.0 Å². The van der Waals surface area contributed by atoms with Gasteiger partial charge in [-0.1, -0.05) is 112 Å². The summed E-state index contributed by atoms with van der Waals surface area (Å²) in [7, 11) is 0. The molecule has 0 heterocycles. The third-order valence-electron chi connectivity index (χ3n) is 6.25. The number of aliphatic hydroxyl groups excluding tert-OH is 2. The normalized spacial score (nSPS) is 14.3. The number of rotatable bonds is 25. The maximum Gasteiger partial charge on any atom is 0.220 e. The number of nitrogens with one attached hydrogen (secondary N) is 1. The van der Waals surface area contributed by atoms with Crippen LogP contribution in [0.4, 0.5) is 0 Å². The van der Waals surface area contributed by atoms with Gasteiger partial charge in [0.05, 0.1) is 18.8 Å². The molecule has 38 heavy (non-hydrogen) atoms. The first-order valence-electron chi connectivity index (χ1n) is 15.1. The Labute approximate surface area is 234 Å². The number of hydrogen-bond acceptors (Lipinski definition) is 3. The Balaban J connectivity index is 3.74. The molecule has 0 aromatic carbocycles. The zero-order valence-corrected chi connectivity index (χ0v) is 24.4.